The Morgan fingerprint density at radius 2 is 1.73 bits per heavy atom. The van der Waals surface area contributed by atoms with Crippen molar-refractivity contribution in [2.24, 2.45) is 0 Å². The summed E-state index contributed by atoms with van der Waals surface area (Å²) in [7, 11) is 4.67. The van der Waals surface area contributed by atoms with Gasteiger partial charge in [0, 0.05) is 22.0 Å². The molecule has 3 rings (SSSR count). The Bertz CT molecular complexity index is 925. The third-order valence-corrected chi connectivity index (χ3v) is 4.44. The van der Waals surface area contributed by atoms with Crippen LogP contribution in [0.1, 0.15) is 16.1 Å². The van der Waals surface area contributed by atoms with Crippen LogP contribution in [0, 0.1) is 0 Å². The van der Waals surface area contributed by atoms with Gasteiger partial charge in [-0.1, -0.05) is 15.9 Å². The molecule has 0 saturated heterocycles. The van der Waals surface area contributed by atoms with Crippen molar-refractivity contribution in [3.8, 4) is 17.2 Å². The van der Waals surface area contributed by atoms with Crippen LogP contribution in [0.2, 0.25) is 0 Å². The third-order valence-electron chi connectivity index (χ3n) is 3.94. The summed E-state index contributed by atoms with van der Waals surface area (Å²) in [5.41, 5.74) is 1.36. The van der Waals surface area contributed by atoms with E-state index in [9.17, 15) is 4.79 Å². The lowest BCUT2D eigenvalue weighted by Crippen LogP contribution is -2.23. The van der Waals surface area contributed by atoms with E-state index >= 15 is 0 Å². The van der Waals surface area contributed by atoms with Gasteiger partial charge in [0.05, 0.1) is 33.4 Å². The predicted molar refractivity (Wildman–Crippen MR) is 101 cm³/mol. The highest BCUT2D eigenvalue weighted by molar-refractivity contribution is 9.10. The van der Waals surface area contributed by atoms with Crippen LogP contribution in [0.4, 0.5) is 0 Å². The van der Waals surface area contributed by atoms with Gasteiger partial charge in [0.2, 0.25) is 0 Å². The summed E-state index contributed by atoms with van der Waals surface area (Å²) in [5, 5.41) is 3.68. The monoisotopic (exact) mass is 419 g/mol. The Morgan fingerprint density at radius 3 is 2.35 bits per heavy atom. The van der Waals surface area contributed by atoms with Gasteiger partial charge in [0.1, 0.15) is 22.8 Å². The summed E-state index contributed by atoms with van der Waals surface area (Å²) < 4.78 is 22.5. The summed E-state index contributed by atoms with van der Waals surface area (Å²) in [6.45, 7) is 0.218. The van der Waals surface area contributed by atoms with E-state index < -0.39 is 0 Å². The molecule has 3 aromatic rings. The molecule has 0 unspecified atom stereocenters. The number of carbonyl (C=O) groups is 1. The van der Waals surface area contributed by atoms with Gasteiger partial charge in [0.25, 0.3) is 5.91 Å². The SMILES string of the molecule is COc1cc(OC)c(CNC(=O)c2cc3cc(Br)ccc3o2)c(OC)c1. The molecule has 0 fully saturated rings. The number of benzene rings is 2. The smallest absolute Gasteiger partial charge is 0.287 e. The first-order valence-corrected chi connectivity index (χ1v) is 8.61. The molecule has 26 heavy (non-hydrogen) atoms. The van der Waals surface area contributed by atoms with Crippen molar-refractivity contribution < 1.29 is 23.4 Å². The second kappa shape index (κ2) is 7.70. The topological polar surface area (TPSA) is 69.9 Å². The van der Waals surface area contributed by atoms with Crippen molar-refractivity contribution in [1.29, 1.82) is 0 Å². The van der Waals surface area contributed by atoms with Crippen molar-refractivity contribution in [3.05, 3.63) is 52.2 Å². The zero-order chi connectivity index (χ0) is 18.7. The molecule has 7 heteroatoms. The minimum atomic E-state index is -0.322. The molecule has 0 aliphatic carbocycles. The van der Waals surface area contributed by atoms with Gasteiger partial charge >= 0.3 is 0 Å². The van der Waals surface area contributed by atoms with Crippen molar-refractivity contribution in [3.63, 3.8) is 0 Å². The number of ether oxygens (including phenoxy) is 3. The van der Waals surface area contributed by atoms with E-state index in [2.05, 4.69) is 21.2 Å². The maximum atomic E-state index is 12.5. The Morgan fingerprint density at radius 1 is 1.04 bits per heavy atom. The van der Waals surface area contributed by atoms with Crippen LogP contribution in [0.15, 0.2) is 45.3 Å². The molecule has 1 N–H and O–H groups in total. The number of methoxy groups -OCH3 is 3. The minimum Gasteiger partial charge on any atom is -0.496 e. The van der Waals surface area contributed by atoms with Crippen LogP contribution in [0.3, 0.4) is 0 Å². The number of fused-ring (bicyclic) bond motifs is 1. The van der Waals surface area contributed by atoms with Gasteiger partial charge in [-0.2, -0.15) is 0 Å². The van der Waals surface area contributed by atoms with Gasteiger partial charge in [-0.25, -0.2) is 0 Å². The number of amides is 1. The van der Waals surface area contributed by atoms with E-state index in [1.54, 1.807) is 39.5 Å². The summed E-state index contributed by atoms with van der Waals surface area (Å²) >= 11 is 3.40. The molecule has 2 aromatic carbocycles. The fraction of sp³-hybridized carbons (Fsp3) is 0.211. The molecule has 0 aliphatic rings. The Balaban J connectivity index is 1.82. The first-order valence-electron chi connectivity index (χ1n) is 7.82. The Hall–Kier alpha value is -2.67. The van der Waals surface area contributed by atoms with E-state index in [4.69, 9.17) is 18.6 Å². The quantitative estimate of drug-likeness (QED) is 0.649. The molecule has 6 nitrogen and oxygen atoms in total. The lowest BCUT2D eigenvalue weighted by molar-refractivity contribution is 0.0925. The molecule has 1 amide bonds. The largest absolute Gasteiger partial charge is 0.496 e. The molecule has 136 valence electrons. The normalized spacial score (nSPS) is 10.6. The number of furan rings is 1. The highest BCUT2D eigenvalue weighted by Crippen LogP contribution is 2.34. The van der Waals surface area contributed by atoms with Crippen LogP contribution in [0.25, 0.3) is 11.0 Å². The first-order chi connectivity index (χ1) is 12.5. The van der Waals surface area contributed by atoms with E-state index in [1.165, 1.54) is 0 Å². The average molecular weight is 420 g/mol. The van der Waals surface area contributed by atoms with Crippen LogP contribution in [-0.2, 0) is 6.54 Å². The summed E-state index contributed by atoms with van der Waals surface area (Å²) in [4.78, 5) is 12.5. The minimum absolute atomic E-state index is 0.218. The van der Waals surface area contributed by atoms with Gasteiger partial charge in [-0.15, -0.1) is 0 Å². The van der Waals surface area contributed by atoms with E-state index in [1.807, 2.05) is 18.2 Å². The third kappa shape index (κ3) is 3.62. The zero-order valence-electron chi connectivity index (χ0n) is 14.6. The molecule has 0 saturated carbocycles. The van der Waals surface area contributed by atoms with Gasteiger partial charge in [-0.3, -0.25) is 4.79 Å². The zero-order valence-corrected chi connectivity index (χ0v) is 16.2. The second-order valence-corrected chi connectivity index (χ2v) is 6.40. The van der Waals surface area contributed by atoms with E-state index in [0.717, 1.165) is 9.86 Å². The molecule has 1 aromatic heterocycles. The van der Waals surface area contributed by atoms with Crippen LogP contribution in [0.5, 0.6) is 17.2 Å². The molecule has 0 radical (unpaired) electrons. The summed E-state index contributed by atoms with van der Waals surface area (Å²) in [5.74, 6) is 1.66. The number of hydrogen-bond acceptors (Lipinski definition) is 5. The van der Waals surface area contributed by atoms with E-state index in [0.29, 0.717) is 28.4 Å². The maximum Gasteiger partial charge on any atom is 0.287 e. The number of hydrogen-bond donors (Lipinski definition) is 1. The van der Waals surface area contributed by atoms with Crippen LogP contribution in [-0.4, -0.2) is 27.2 Å². The fourth-order valence-electron chi connectivity index (χ4n) is 2.63. The molecular formula is C19H18BrNO5. The fourth-order valence-corrected chi connectivity index (χ4v) is 3.01. The molecule has 1 heterocycles. The van der Waals surface area contributed by atoms with Gasteiger partial charge in [0.15, 0.2) is 5.76 Å². The number of rotatable bonds is 6. The van der Waals surface area contributed by atoms with E-state index in [-0.39, 0.29) is 18.2 Å². The molecular weight excluding hydrogens is 402 g/mol. The standard InChI is InChI=1S/C19H18BrNO5/c1-23-13-8-16(24-2)14(17(9-13)25-3)10-21-19(22)18-7-11-6-12(20)4-5-15(11)26-18/h4-9H,10H2,1-3H3,(H,21,22). The summed E-state index contributed by atoms with van der Waals surface area (Å²) in [6, 6.07) is 10.8. The predicted octanol–water partition coefficient (Wildman–Crippen LogP) is 4.15. The summed E-state index contributed by atoms with van der Waals surface area (Å²) in [6.07, 6.45) is 0. The molecule has 0 spiro atoms. The van der Waals surface area contributed by atoms with Gasteiger partial charge in [-0.05, 0) is 24.3 Å². The Kier molecular flexibility index (Phi) is 5.37. The average Bonchev–Trinajstić information content (AvgIpc) is 3.08. The molecule has 0 atom stereocenters. The highest BCUT2D eigenvalue weighted by Gasteiger charge is 2.17. The maximum absolute atomic E-state index is 12.5. The van der Waals surface area contributed by atoms with Crippen molar-refractivity contribution in [2.45, 2.75) is 6.54 Å². The van der Waals surface area contributed by atoms with Gasteiger partial charge < -0.3 is 23.9 Å². The number of halogens is 1. The van der Waals surface area contributed by atoms with Crippen LogP contribution >= 0.6 is 15.9 Å². The van der Waals surface area contributed by atoms with Crippen LogP contribution < -0.4 is 19.5 Å². The van der Waals surface area contributed by atoms with Crippen molar-refractivity contribution in [1.82, 2.24) is 5.32 Å². The lowest BCUT2D eigenvalue weighted by Gasteiger charge is -2.15. The van der Waals surface area contributed by atoms with Crippen molar-refractivity contribution >= 4 is 32.8 Å². The lowest BCUT2D eigenvalue weighted by atomic mass is 10.1. The number of carbonyl (C=O) groups excluding carboxylic acids is 1. The Labute approximate surface area is 159 Å². The molecule has 0 aliphatic heterocycles. The second-order valence-electron chi connectivity index (χ2n) is 5.49. The first kappa shape index (κ1) is 18.1. The number of nitrogens with one attached hydrogen (secondary N) is 1. The highest BCUT2D eigenvalue weighted by atomic mass is 79.9. The molecule has 0 bridgehead atoms. The van der Waals surface area contributed by atoms with Crippen molar-refractivity contribution in [2.75, 3.05) is 21.3 Å².